The van der Waals surface area contributed by atoms with Crippen LogP contribution in [0.1, 0.15) is 12.0 Å². The first-order valence-electron chi connectivity index (χ1n) is 8.56. The van der Waals surface area contributed by atoms with Crippen molar-refractivity contribution in [1.82, 2.24) is 4.90 Å². The second kappa shape index (κ2) is 6.41. The van der Waals surface area contributed by atoms with Crippen molar-refractivity contribution in [1.29, 1.82) is 0 Å². The molecule has 2 heterocycles. The summed E-state index contributed by atoms with van der Waals surface area (Å²) >= 11 is 0. The van der Waals surface area contributed by atoms with Gasteiger partial charge in [-0.1, -0.05) is 24.3 Å². The standard InChI is InChI=1S/C20H22N2O3/c1-21-17-5-3-4-6-19(17)25-16-11-18(20(21)23)22(13-16)12-14-7-9-15(24-2)10-8-14/h3-10,16,18H,11-13H2,1-2H3. The van der Waals surface area contributed by atoms with Crippen molar-refractivity contribution >= 4 is 11.6 Å². The summed E-state index contributed by atoms with van der Waals surface area (Å²) in [5, 5.41) is 0. The average molecular weight is 338 g/mol. The first-order chi connectivity index (χ1) is 12.2. The van der Waals surface area contributed by atoms with Gasteiger partial charge in [-0.25, -0.2) is 0 Å². The molecule has 4 rings (SSSR count). The van der Waals surface area contributed by atoms with E-state index < -0.39 is 0 Å². The highest BCUT2D eigenvalue weighted by molar-refractivity contribution is 5.98. The fourth-order valence-electron chi connectivity index (χ4n) is 3.70. The Balaban J connectivity index is 1.58. The fraction of sp³-hybridized carbons (Fsp3) is 0.350. The van der Waals surface area contributed by atoms with Gasteiger partial charge >= 0.3 is 0 Å². The second-order valence-corrected chi connectivity index (χ2v) is 6.63. The number of anilines is 1. The van der Waals surface area contributed by atoms with Gasteiger partial charge in [0.15, 0.2) is 0 Å². The number of methoxy groups -OCH3 is 1. The van der Waals surface area contributed by atoms with E-state index in [9.17, 15) is 4.79 Å². The van der Waals surface area contributed by atoms with Crippen LogP contribution in [0, 0.1) is 0 Å². The first-order valence-corrected chi connectivity index (χ1v) is 8.56. The van der Waals surface area contributed by atoms with E-state index in [1.807, 2.05) is 55.6 Å². The van der Waals surface area contributed by atoms with Crippen LogP contribution in [0.4, 0.5) is 5.69 Å². The molecule has 2 aromatic rings. The van der Waals surface area contributed by atoms with Gasteiger partial charge in [0.1, 0.15) is 17.6 Å². The smallest absolute Gasteiger partial charge is 0.244 e. The highest BCUT2D eigenvalue weighted by atomic mass is 16.5. The van der Waals surface area contributed by atoms with Crippen molar-refractivity contribution in [2.24, 2.45) is 0 Å². The molecule has 0 spiro atoms. The zero-order chi connectivity index (χ0) is 17.4. The normalized spacial score (nSPS) is 22.8. The second-order valence-electron chi connectivity index (χ2n) is 6.63. The topological polar surface area (TPSA) is 42.0 Å². The molecule has 2 aliphatic heterocycles. The molecule has 5 heteroatoms. The molecular weight excluding hydrogens is 316 g/mol. The molecule has 25 heavy (non-hydrogen) atoms. The van der Waals surface area contributed by atoms with Gasteiger partial charge in [-0.2, -0.15) is 0 Å². The van der Waals surface area contributed by atoms with Crippen LogP contribution in [0.25, 0.3) is 0 Å². The molecule has 0 aliphatic carbocycles. The summed E-state index contributed by atoms with van der Waals surface area (Å²) in [6.45, 7) is 1.48. The van der Waals surface area contributed by atoms with Gasteiger partial charge in [0.2, 0.25) is 5.91 Å². The lowest BCUT2D eigenvalue weighted by Gasteiger charge is -2.29. The van der Waals surface area contributed by atoms with Crippen LogP contribution in [0.5, 0.6) is 11.5 Å². The molecule has 0 aromatic heterocycles. The highest BCUT2D eigenvalue weighted by Crippen LogP contribution is 2.35. The lowest BCUT2D eigenvalue weighted by Crippen LogP contribution is -2.44. The third kappa shape index (κ3) is 2.96. The zero-order valence-corrected chi connectivity index (χ0v) is 14.5. The molecule has 2 aromatic carbocycles. The molecule has 2 bridgehead atoms. The van der Waals surface area contributed by atoms with E-state index in [2.05, 4.69) is 4.90 Å². The van der Waals surface area contributed by atoms with Crippen molar-refractivity contribution in [3.8, 4) is 11.5 Å². The van der Waals surface area contributed by atoms with Gasteiger partial charge in [0, 0.05) is 26.6 Å². The van der Waals surface area contributed by atoms with Gasteiger partial charge in [0.05, 0.1) is 18.8 Å². The molecule has 0 saturated carbocycles. The Hall–Kier alpha value is -2.53. The summed E-state index contributed by atoms with van der Waals surface area (Å²) in [6, 6.07) is 15.6. The van der Waals surface area contributed by atoms with Crippen LogP contribution in [-0.4, -0.2) is 43.7 Å². The molecule has 2 atom stereocenters. The van der Waals surface area contributed by atoms with E-state index in [0.29, 0.717) is 0 Å². The number of hydrogen-bond donors (Lipinski definition) is 0. The van der Waals surface area contributed by atoms with E-state index in [1.165, 1.54) is 5.56 Å². The third-order valence-corrected chi connectivity index (χ3v) is 5.05. The Labute approximate surface area is 147 Å². The molecule has 1 fully saturated rings. The SMILES string of the molecule is COc1ccc(CN2CC3CC2C(=O)N(C)c2ccccc2O3)cc1. The maximum absolute atomic E-state index is 13.0. The number of amides is 1. The van der Waals surface area contributed by atoms with Crippen LogP contribution in [0.15, 0.2) is 48.5 Å². The Morgan fingerprint density at radius 3 is 2.68 bits per heavy atom. The molecule has 2 unspecified atom stereocenters. The quantitative estimate of drug-likeness (QED) is 0.863. The number of hydrogen-bond acceptors (Lipinski definition) is 4. The number of fused-ring (bicyclic) bond motifs is 3. The third-order valence-electron chi connectivity index (χ3n) is 5.05. The summed E-state index contributed by atoms with van der Waals surface area (Å²) in [6.07, 6.45) is 0.773. The monoisotopic (exact) mass is 338 g/mol. The van der Waals surface area contributed by atoms with Gasteiger partial charge in [-0.15, -0.1) is 0 Å². The van der Waals surface area contributed by atoms with E-state index in [0.717, 1.165) is 36.7 Å². The Bertz CT molecular complexity index is 775. The predicted octanol–water partition coefficient (Wildman–Crippen LogP) is 2.69. The summed E-state index contributed by atoms with van der Waals surface area (Å²) in [7, 11) is 3.49. The Morgan fingerprint density at radius 1 is 1.16 bits per heavy atom. The molecule has 0 radical (unpaired) electrons. The number of carbonyl (C=O) groups is 1. The van der Waals surface area contributed by atoms with Crippen LogP contribution in [-0.2, 0) is 11.3 Å². The molecule has 5 nitrogen and oxygen atoms in total. The average Bonchev–Trinajstić information content (AvgIpc) is 3.04. The predicted molar refractivity (Wildman–Crippen MR) is 96.1 cm³/mol. The number of ether oxygens (including phenoxy) is 2. The van der Waals surface area contributed by atoms with Crippen molar-refractivity contribution < 1.29 is 14.3 Å². The Kier molecular flexibility index (Phi) is 4.09. The number of benzene rings is 2. The largest absolute Gasteiger partial charge is 0.497 e. The number of likely N-dealkylation sites (N-methyl/N-ethyl adjacent to an activating group) is 1. The number of para-hydroxylation sites is 2. The van der Waals surface area contributed by atoms with E-state index in [4.69, 9.17) is 9.47 Å². The summed E-state index contributed by atoms with van der Waals surface area (Å²) in [5.74, 6) is 1.76. The van der Waals surface area contributed by atoms with E-state index in [1.54, 1.807) is 12.0 Å². The Morgan fingerprint density at radius 2 is 1.92 bits per heavy atom. The maximum atomic E-state index is 13.0. The van der Waals surface area contributed by atoms with E-state index in [-0.39, 0.29) is 18.1 Å². The minimum atomic E-state index is -0.148. The summed E-state index contributed by atoms with van der Waals surface area (Å²) in [5.41, 5.74) is 2.01. The van der Waals surface area contributed by atoms with Crippen molar-refractivity contribution in [2.75, 3.05) is 25.6 Å². The zero-order valence-electron chi connectivity index (χ0n) is 14.5. The number of likely N-dealkylation sites (tertiary alicyclic amines) is 1. The fourth-order valence-corrected chi connectivity index (χ4v) is 3.70. The van der Waals surface area contributed by atoms with Crippen LogP contribution >= 0.6 is 0 Å². The van der Waals surface area contributed by atoms with Gasteiger partial charge in [-0.3, -0.25) is 9.69 Å². The lowest BCUT2D eigenvalue weighted by molar-refractivity contribution is -0.122. The van der Waals surface area contributed by atoms with Gasteiger partial charge in [-0.05, 0) is 29.8 Å². The minimum Gasteiger partial charge on any atom is -0.497 e. The maximum Gasteiger partial charge on any atom is 0.244 e. The van der Waals surface area contributed by atoms with Crippen LogP contribution < -0.4 is 14.4 Å². The van der Waals surface area contributed by atoms with Crippen LogP contribution in [0.2, 0.25) is 0 Å². The molecule has 1 amide bonds. The molecule has 0 N–H and O–H groups in total. The van der Waals surface area contributed by atoms with Crippen LogP contribution in [0.3, 0.4) is 0 Å². The van der Waals surface area contributed by atoms with Gasteiger partial charge < -0.3 is 14.4 Å². The van der Waals surface area contributed by atoms with E-state index >= 15 is 0 Å². The number of nitrogens with zero attached hydrogens (tertiary/aromatic N) is 2. The van der Waals surface area contributed by atoms with Gasteiger partial charge in [0.25, 0.3) is 0 Å². The molecular formula is C20H22N2O3. The summed E-state index contributed by atoms with van der Waals surface area (Å²) < 4.78 is 11.4. The number of rotatable bonds is 3. The number of carbonyl (C=O) groups excluding carboxylic acids is 1. The molecule has 2 aliphatic rings. The van der Waals surface area contributed by atoms with Crippen molar-refractivity contribution in [3.05, 3.63) is 54.1 Å². The summed E-state index contributed by atoms with van der Waals surface area (Å²) in [4.78, 5) is 17.0. The van der Waals surface area contributed by atoms with Crippen molar-refractivity contribution in [2.45, 2.75) is 25.1 Å². The first kappa shape index (κ1) is 16.0. The minimum absolute atomic E-state index is 0.0436. The lowest BCUT2D eigenvalue weighted by atomic mass is 10.1. The highest BCUT2D eigenvalue weighted by Gasteiger charge is 2.41. The molecule has 1 saturated heterocycles. The van der Waals surface area contributed by atoms with Crippen molar-refractivity contribution in [3.63, 3.8) is 0 Å². The molecule has 130 valence electrons.